The van der Waals surface area contributed by atoms with E-state index in [1.54, 1.807) is 23.5 Å². The number of nitrogens with two attached hydrogens (primary N) is 1. The fraction of sp³-hybridized carbons (Fsp3) is 0.231. The maximum absolute atomic E-state index is 11.5. The molecule has 1 heterocycles. The van der Waals surface area contributed by atoms with Crippen LogP contribution in [0.15, 0.2) is 38.3 Å². The van der Waals surface area contributed by atoms with Gasteiger partial charge in [0.15, 0.2) is 9.84 Å². The molecule has 0 radical (unpaired) electrons. The molecule has 108 valence electrons. The van der Waals surface area contributed by atoms with Crippen LogP contribution in [0.25, 0.3) is 0 Å². The van der Waals surface area contributed by atoms with Gasteiger partial charge in [0.05, 0.1) is 20.1 Å². The van der Waals surface area contributed by atoms with E-state index in [0.717, 1.165) is 9.47 Å². The molecule has 2 N–H and O–H groups in total. The Morgan fingerprint density at radius 2 is 2.05 bits per heavy atom. The largest absolute Gasteiger partial charge is 0.397 e. The predicted octanol–water partition coefficient (Wildman–Crippen LogP) is 3.13. The van der Waals surface area contributed by atoms with Crippen LogP contribution in [-0.4, -0.2) is 21.7 Å². The lowest BCUT2D eigenvalue weighted by molar-refractivity contribution is 0.602. The molecule has 0 atom stereocenters. The first-order chi connectivity index (χ1) is 9.27. The van der Waals surface area contributed by atoms with Crippen LogP contribution in [0, 0.1) is 0 Å². The summed E-state index contributed by atoms with van der Waals surface area (Å²) < 4.78 is 24.1. The van der Waals surface area contributed by atoms with Crippen molar-refractivity contribution < 1.29 is 8.42 Å². The van der Waals surface area contributed by atoms with Crippen LogP contribution in [0.3, 0.4) is 0 Å². The minimum Gasteiger partial charge on any atom is -0.397 e. The van der Waals surface area contributed by atoms with E-state index in [1.807, 2.05) is 11.9 Å². The lowest BCUT2D eigenvalue weighted by Gasteiger charge is -2.21. The first kappa shape index (κ1) is 15.3. The highest BCUT2D eigenvalue weighted by Crippen LogP contribution is 2.28. The summed E-state index contributed by atoms with van der Waals surface area (Å²) in [5.74, 6) is 0. The normalized spacial score (nSPS) is 11.6. The average Bonchev–Trinajstić information content (AvgIpc) is 2.73. The van der Waals surface area contributed by atoms with E-state index in [4.69, 9.17) is 5.73 Å². The molecule has 0 saturated heterocycles. The zero-order chi connectivity index (χ0) is 14.9. The number of benzene rings is 1. The number of sulfone groups is 1. The van der Waals surface area contributed by atoms with Gasteiger partial charge in [-0.2, -0.15) is 0 Å². The van der Waals surface area contributed by atoms with Crippen LogP contribution in [0.5, 0.6) is 0 Å². The summed E-state index contributed by atoms with van der Waals surface area (Å²) in [5, 5.41) is 2.07. The zero-order valence-corrected chi connectivity index (χ0v) is 14.3. The van der Waals surface area contributed by atoms with E-state index in [2.05, 4.69) is 27.4 Å². The minimum absolute atomic E-state index is 0.241. The van der Waals surface area contributed by atoms with Crippen LogP contribution >= 0.6 is 27.3 Å². The molecule has 0 aliphatic rings. The molecule has 20 heavy (non-hydrogen) atoms. The number of halogens is 1. The van der Waals surface area contributed by atoms with Gasteiger partial charge in [-0.1, -0.05) is 0 Å². The quantitative estimate of drug-likeness (QED) is 0.834. The molecular weight excluding hydrogens is 360 g/mol. The molecule has 0 spiro atoms. The van der Waals surface area contributed by atoms with Gasteiger partial charge in [0.2, 0.25) is 0 Å². The first-order valence-corrected chi connectivity index (χ1v) is 9.37. The number of nitrogens with zero attached hydrogens (tertiary/aromatic N) is 1. The molecule has 0 unspecified atom stereocenters. The second kappa shape index (κ2) is 5.75. The van der Waals surface area contributed by atoms with Crippen molar-refractivity contribution in [3.8, 4) is 0 Å². The smallest absolute Gasteiger partial charge is 0.175 e. The Hall–Kier alpha value is -1.05. The first-order valence-electron chi connectivity index (χ1n) is 5.81. The molecule has 0 saturated carbocycles. The third-order valence-electron chi connectivity index (χ3n) is 2.88. The Bertz CT molecular complexity index is 726. The lowest BCUT2D eigenvalue weighted by atomic mass is 10.2. The van der Waals surface area contributed by atoms with Crippen LogP contribution in [0.4, 0.5) is 11.4 Å². The fourth-order valence-corrected chi connectivity index (χ4v) is 3.76. The number of anilines is 2. The van der Waals surface area contributed by atoms with Gasteiger partial charge in [0.1, 0.15) is 0 Å². The summed E-state index contributed by atoms with van der Waals surface area (Å²) in [7, 11) is -1.30. The van der Waals surface area contributed by atoms with Crippen LogP contribution < -0.4 is 10.6 Å². The van der Waals surface area contributed by atoms with Crippen LogP contribution in [-0.2, 0) is 16.4 Å². The minimum atomic E-state index is -3.23. The van der Waals surface area contributed by atoms with Crippen molar-refractivity contribution in [3.63, 3.8) is 0 Å². The fourth-order valence-electron chi connectivity index (χ4n) is 1.90. The Balaban J connectivity index is 2.24. The highest BCUT2D eigenvalue weighted by molar-refractivity contribution is 9.11. The van der Waals surface area contributed by atoms with Gasteiger partial charge >= 0.3 is 0 Å². The summed E-state index contributed by atoms with van der Waals surface area (Å²) in [4.78, 5) is 2.24. The van der Waals surface area contributed by atoms with Gasteiger partial charge in [-0.3, -0.25) is 0 Å². The zero-order valence-electron chi connectivity index (χ0n) is 11.1. The highest BCUT2D eigenvalue weighted by Gasteiger charge is 2.12. The van der Waals surface area contributed by atoms with Crippen molar-refractivity contribution in [2.45, 2.75) is 11.4 Å². The summed E-state index contributed by atoms with van der Waals surface area (Å²) >= 11 is 5.06. The molecule has 2 aromatic rings. The summed E-state index contributed by atoms with van der Waals surface area (Å²) in [6, 6.07) is 6.89. The molecular formula is C13H15BrN2O2S2. The molecule has 0 aliphatic carbocycles. The molecule has 7 heteroatoms. The van der Waals surface area contributed by atoms with E-state index in [-0.39, 0.29) is 4.90 Å². The third kappa shape index (κ3) is 3.53. The van der Waals surface area contributed by atoms with Gasteiger partial charge in [-0.15, -0.1) is 11.3 Å². The van der Waals surface area contributed by atoms with Crippen molar-refractivity contribution in [2.75, 3.05) is 23.9 Å². The van der Waals surface area contributed by atoms with Crippen LogP contribution in [0.2, 0.25) is 0 Å². The van der Waals surface area contributed by atoms with E-state index in [0.29, 0.717) is 12.2 Å². The van der Waals surface area contributed by atoms with Crippen LogP contribution in [0.1, 0.15) is 5.56 Å². The standard InChI is InChI=1S/C13H15BrN2O2S2/c1-16(7-9-5-13(14)19-8-9)12-4-3-10(6-11(12)15)20(2,17)18/h3-6,8H,7,15H2,1-2H3. The number of hydrogen-bond donors (Lipinski definition) is 1. The maximum Gasteiger partial charge on any atom is 0.175 e. The Morgan fingerprint density at radius 3 is 2.55 bits per heavy atom. The highest BCUT2D eigenvalue weighted by atomic mass is 79.9. The molecule has 1 aromatic carbocycles. The van der Waals surface area contributed by atoms with Crippen molar-refractivity contribution in [1.29, 1.82) is 0 Å². The number of hydrogen-bond acceptors (Lipinski definition) is 5. The summed E-state index contributed by atoms with van der Waals surface area (Å²) in [6.07, 6.45) is 1.17. The average molecular weight is 375 g/mol. The lowest BCUT2D eigenvalue weighted by Crippen LogP contribution is -2.17. The molecule has 1 aromatic heterocycles. The van der Waals surface area contributed by atoms with Crippen molar-refractivity contribution in [2.24, 2.45) is 0 Å². The summed E-state index contributed by atoms with van der Waals surface area (Å²) in [5.41, 5.74) is 8.42. The Labute approximate surface area is 131 Å². The summed E-state index contributed by atoms with van der Waals surface area (Å²) in [6.45, 7) is 0.713. The van der Waals surface area contributed by atoms with Gasteiger partial charge in [0.25, 0.3) is 0 Å². The number of rotatable bonds is 4. The molecule has 0 bridgehead atoms. The van der Waals surface area contributed by atoms with E-state index in [1.165, 1.54) is 17.9 Å². The Kier molecular flexibility index (Phi) is 4.41. The van der Waals surface area contributed by atoms with Gasteiger partial charge in [-0.25, -0.2) is 8.42 Å². The second-order valence-corrected chi connectivity index (χ2v) is 8.91. The number of nitrogen functional groups attached to an aromatic ring is 1. The predicted molar refractivity (Wildman–Crippen MR) is 88.1 cm³/mol. The van der Waals surface area contributed by atoms with Crippen molar-refractivity contribution >= 4 is 48.5 Å². The molecule has 4 nitrogen and oxygen atoms in total. The molecule has 0 amide bonds. The Morgan fingerprint density at radius 1 is 1.35 bits per heavy atom. The van der Waals surface area contributed by atoms with Gasteiger partial charge in [0, 0.05) is 19.8 Å². The molecule has 0 aliphatic heterocycles. The molecule has 0 fully saturated rings. The number of thiophene rings is 1. The monoisotopic (exact) mass is 374 g/mol. The third-order valence-corrected chi connectivity index (χ3v) is 5.54. The van der Waals surface area contributed by atoms with E-state index < -0.39 is 9.84 Å². The second-order valence-electron chi connectivity index (χ2n) is 4.61. The van der Waals surface area contributed by atoms with Gasteiger partial charge in [-0.05, 0) is 51.1 Å². The van der Waals surface area contributed by atoms with E-state index in [9.17, 15) is 8.42 Å². The SMILES string of the molecule is CN(Cc1csc(Br)c1)c1ccc(S(C)(=O)=O)cc1N. The van der Waals surface area contributed by atoms with Crippen molar-refractivity contribution in [3.05, 3.63) is 39.0 Å². The van der Waals surface area contributed by atoms with E-state index >= 15 is 0 Å². The maximum atomic E-state index is 11.5. The molecule has 2 rings (SSSR count). The van der Waals surface area contributed by atoms with Crippen molar-refractivity contribution in [1.82, 2.24) is 0 Å². The van der Waals surface area contributed by atoms with Gasteiger partial charge < -0.3 is 10.6 Å². The topological polar surface area (TPSA) is 63.4 Å².